The van der Waals surface area contributed by atoms with Gasteiger partial charge < -0.3 is 4.74 Å². The molecular formula is C25H32O2. The highest BCUT2D eigenvalue weighted by Crippen LogP contribution is 2.35. The molecule has 0 aliphatic heterocycles. The normalized spacial score (nSPS) is 19.6. The standard InChI is InChI=1S/C25H32O2/c1-3-4-5-6-20-9-17-24(18-10-20)27-25(26)23-15-13-22(14-16-23)21-11-7-19(2)8-12-21/h9-10,13-19,21H,3-8,11-12H2,1-2H3. The Balaban J connectivity index is 1.54. The second kappa shape index (κ2) is 9.73. The quantitative estimate of drug-likeness (QED) is 0.302. The van der Waals surface area contributed by atoms with Gasteiger partial charge in [-0.05, 0) is 72.9 Å². The Morgan fingerprint density at radius 1 is 0.926 bits per heavy atom. The first kappa shape index (κ1) is 19.7. The van der Waals surface area contributed by atoms with Gasteiger partial charge in [-0.15, -0.1) is 0 Å². The second-order valence-electron chi connectivity index (χ2n) is 8.07. The summed E-state index contributed by atoms with van der Waals surface area (Å²) in [7, 11) is 0. The van der Waals surface area contributed by atoms with Crippen molar-refractivity contribution in [1.29, 1.82) is 0 Å². The molecule has 1 aliphatic carbocycles. The van der Waals surface area contributed by atoms with Gasteiger partial charge in [0.1, 0.15) is 5.75 Å². The average molecular weight is 365 g/mol. The monoisotopic (exact) mass is 364 g/mol. The molecule has 0 saturated heterocycles. The van der Waals surface area contributed by atoms with Gasteiger partial charge in [-0.25, -0.2) is 4.79 Å². The van der Waals surface area contributed by atoms with Crippen LogP contribution in [0, 0.1) is 5.92 Å². The summed E-state index contributed by atoms with van der Waals surface area (Å²) in [6.45, 7) is 4.55. The van der Waals surface area contributed by atoms with Crippen molar-refractivity contribution in [1.82, 2.24) is 0 Å². The molecule has 0 unspecified atom stereocenters. The molecule has 2 nitrogen and oxygen atoms in total. The van der Waals surface area contributed by atoms with Crippen molar-refractivity contribution in [3.05, 3.63) is 65.2 Å². The number of unbranched alkanes of at least 4 members (excludes halogenated alkanes) is 2. The summed E-state index contributed by atoms with van der Waals surface area (Å²) >= 11 is 0. The Morgan fingerprint density at radius 2 is 1.59 bits per heavy atom. The van der Waals surface area contributed by atoms with E-state index < -0.39 is 0 Å². The molecule has 1 saturated carbocycles. The molecule has 1 fully saturated rings. The fourth-order valence-electron chi connectivity index (χ4n) is 3.95. The third-order valence-corrected chi connectivity index (χ3v) is 5.84. The molecule has 0 radical (unpaired) electrons. The molecule has 2 aromatic carbocycles. The van der Waals surface area contributed by atoms with Crippen molar-refractivity contribution in [3.63, 3.8) is 0 Å². The molecule has 144 valence electrons. The van der Waals surface area contributed by atoms with Gasteiger partial charge in [-0.2, -0.15) is 0 Å². The zero-order valence-electron chi connectivity index (χ0n) is 16.7. The summed E-state index contributed by atoms with van der Waals surface area (Å²) in [6.07, 6.45) is 9.92. The van der Waals surface area contributed by atoms with Gasteiger partial charge in [0.05, 0.1) is 5.56 Å². The molecule has 0 spiro atoms. The molecule has 3 rings (SSSR count). The van der Waals surface area contributed by atoms with E-state index >= 15 is 0 Å². The fourth-order valence-corrected chi connectivity index (χ4v) is 3.95. The highest BCUT2D eigenvalue weighted by Gasteiger charge is 2.20. The first-order valence-corrected chi connectivity index (χ1v) is 10.6. The Labute approximate surface area is 164 Å². The van der Waals surface area contributed by atoms with Crippen LogP contribution in [0.4, 0.5) is 0 Å². The first-order chi connectivity index (χ1) is 13.2. The average Bonchev–Trinajstić information content (AvgIpc) is 2.70. The molecule has 0 atom stereocenters. The zero-order chi connectivity index (χ0) is 19.1. The lowest BCUT2D eigenvalue weighted by molar-refractivity contribution is 0.0734. The molecule has 0 bridgehead atoms. The van der Waals surface area contributed by atoms with Gasteiger partial charge in [0, 0.05) is 0 Å². The molecular weight excluding hydrogens is 332 g/mol. The number of esters is 1. The maximum atomic E-state index is 12.4. The molecule has 0 amide bonds. The van der Waals surface area contributed by atoms with Crippen molar-refractivity contribution >= 4 is 5.97 Å². The van der Waals surface area contributed by atoms with Crippen LogP contribution in [0.2, 0.25) is 0 Å². The van der Waals surface area contributed by atoms with E-state index in [2.05, 4.69) is 38.1 Å². The maximum Gasteiger partial charge on any atom is 0.343 e. The van der Waals surface area contributed by atoms with E-state index in [1.54, 1.807) is 0 Å². The minimum Gasteiger partial charge on any atom is -0.423 e. The fraction of sp³-hybridized carbons (Fsp3) is 0.480. The van der Waals surface area contributed by atoms with Gasteiger partial charge in [0.15, 0.2) is 0 Å². The lowest BCUT2D eigenvalue weighted by atomic mass is 9.79. The number of carbonyl (C=O) groups excluding carboxylic acids is 1. The van der Waals surface area contributed by atoms with Gasteiger partial charge in [-0.3, -0.25) is 0 Å². The molecule has 0 heterocycles. The third kappa shape index (κ3) is 5.69. The van der Waals surface area contributed by atoms with E-state index in [1.807, 2.05) is 24.3 Å². The van der Waals surface area contributed by atoms with Crippen LogP contribution < -0.4 is 4.74 Å². The summed E-state index contributed by atoms with van der Waals surface area (Å²) in [5.41, 5.74) is 3.28. The molecule has 27 heavy (non-hydrogen) atoms. The predicted octanol–water partition coefficient (Wildman–Crippen LogP) is 6.93. The van der Waals surface area contributed by atoms with Crippen molar-refractivity contribution in [3.8, 4) is 5.75 Å². The van der Waals surface area contributed by atoms with E-state index in [4.69, 9.17) is 4.74 Å². The zero-order valence-corrected chi connectivity index (χ0v) is 16.7. The highest BCUT2D eigenvalue weighted by atomic mass is 16.5. The minimum atomic E-state index is -0.280. The lowest BCUT2D eigenvalue weighted by Gasteiger charge is -2.26. The number of rotatable bonds is 7. The Bertz CT molecular complexity index is 707. The van der Waals surface area contributed by atoms with E-state index in [0.29, 0.717) is 17.2 Å². The van der Waals surface area contributed by atoms with Gasteiger partial charge in [0.2, 0.25) is 0 Å². The minimum absolute atomic E-state index is 0.280. The van der Waals surface area contributed by atoms with Crippen LogP contribution in [0.25, 0.3) is 0 Å². The molecule has 0 N–H and O–H groups in total. The van der Waals surface area contributed by atoms with Crippen molar-refractivity contribution in [2.24, 2.45) is 5.92 Å². The largest absolute Gasteiger partial charge is 0.423 e. The van der Waals surface area contributed by atoms with Gasteiger partial charge in [-0.1, -0.05) is 63.8 Å². The second-order valence-corrected chi connectivity index (χ2v) is 8.07. The van der Waals surface area contributed by atoms with Gasteiger partial charge in [0.25, 0.3) is 0 Å². The Kier molecular flexibility index (Phi) is 7.09. The Morgan fingerprint density at radius 3 is 2.22 bits per heavy atom. The topological polar surface area (TPSA) is 26.3 Å². The van der Waals surface area contributed by atoms with Crippen LogP contribution in [-0.4, -0.2) is 5.97 Å². The van der Waals surface area contributed by atoms with Crippen LogP contribution in [0.15, 0.2) is 48.5 Å². The Hall–Kier alpha value is -2.09. The van der Waals surface area contributed by atoms with Gasteiger partial charge >= 0.3 is 5.97 Å². The van der Waals surface area contributed by atoms with Crippen LogP contribution in [0.1, 0.15) is 86.2 Å². The number of ether oxygens (including phenoxy) is 1. The number of carbonyl (C=O) groups is 1. The van der Waals surface area contributed by atoms with E-state index in [0.717, 1.165) is 12.3 Å². The van der Waals surface area contributed by atoms with Crippen LogP contribution in [-0.2, 0) is 6.42 Å². The number of benzene rings is 2. The number of hydrogen-bond donors (Lipinski definition) is 0. The van der Waals surface area contributed by atoms with Crippen LogP contribution in [0.5, 0.6) is 5.75 Å². The summed E-state index contributed by atoms with van der Waals surface area (Å²) in [6, 6.07) is 16.0. The predicted molar refractivity (Wildman–Crippen MR) is 111 cm³/mol. The molecule has 0 aromatic heterocycles. The van der Waals surface area contributed by atoms with Crippen molar-refractivity contribution in [2.75, 3.05) is 0 Å². The smallest absolute Gasteiger partial charge is 0.343 e. The highest BCUT2D eigenvalue weighted by molar-refractivity contribution is 5.91. The SMILES string of the molecule is CCCCCc1ccc(OC(=O)c2ccc(C3CCC(C)CC3)cc2)cc1. The van der Waals surface area contributed by atoms with Crippen molar-refractivity contribution in [2.45, 2.75) is 71.1 Å². The molecule has 2 heteroatoms. The van der Waals surface area contributed by atoms with Crippen molar-refractivity contribution < 1.29 is 9.53 Å². The van der Waals surface area contributed by atoms with E-state index in [1.165, 1.54) is 56.1 Å². The first-order valence-electron chi connectivity index (χ1n) is 10.6. The molecule has 1 aliphatic rings. The van der Waals surface area contributed by atoms with Crippen LogP contribution in [0.3, 0.4) is 0 Å². The van der Waals surface area contributed by atoms with E-state index in [-0.39, 0.29) is 5.97 Å². The third-order valence-electron chi connectivity index (χ3n) is 5.84. The summed E-state index contributed by atoms with van der Waals surface area (Å²) in [5, 5.41) is 0. The number of aryl methyl sites for hydroxylation is 1. The van der Waals surface area contributed by atoms with E-state index in [9.17, 15) is 4.79 Å². The van der Waals surface area contributed by atoms with Crippen LogP contribution >= 0.6 is 0 Å². The summed E-state index contributed by atoms with van der Waals surface area (Å²) in [4.78, 5) is 12.4. The summed E-state index contributed by atoms with van der Waals surface area (Å²) in [5.74, 6) is 1.84. The number of hydrogen-bond acceptors (Lipinski definition) is 2. The maximum absolute atomic E-state index is 12.4. The summed E-state index contributed by atoms with van der Waals surface area (Å²) < 4.78 is 5.54. The molecule has 2 aromatic rings. The lowest BCUT2D eigenvalue weighted by Crippen LogP contribution is -2.12.